The molecular formula is C15H18F3NOS. The zero-order chi connectivity index (χ0) is 15.3. The topological polar surface area (TPSA) is 20.3 Å². The van der Waals surface area contributed by atoms with Crippen LogP contribution in [-0.4, -0.2) is 29.6 Å². The number of halogens is 3. The summed E-state index contributed by atoms with van der Waals surface area (Å²) in [5, 5.41) is 0. The summed E-state index contributed by atoms with van der Waals surface area (Å²) in [6, 6.07) is 5.54. The molecule has 2 nitrogen and oxygen atoms in total. The van der Waals surface area contributed by atoms with Gasteiger partial charge in [-0.25, -0.2) is 0 Å². The van der Waals surface area contributed by atoms with E-state index in [0.717, 1.165) is 38.4 Å². The summed E-state index contributed by atoms with van der Waals surface area (Å²) in [5.41, 5.74) is -0.371. The summed E-state index contributed by atoms with van der Waals surface area (Å²) < 4.78 is 38.5. The largest absolute Gasteiger partial charge is 0.416 e. The standard InChI is InChI=1S/C15H18F3NOS/c16-15(17,18)13-7-3-2-6-12(13)10-21-11-14(20)19-8-4-1-5-9-19/h2-3,6-7H,1,4-5,8-11H2. The Hall–Kier alpha value is -1.17. The maximum atomic E-state index is 12.8. The first-order valence-electron chi connectivity index (χ1n) is 6.99. The van der Waals surface area contributed by atoms with Crippen LogP contribution in [0.2, 0.25) is 0 Å². The first kappa shape index (κ1) is 16.2. The molecule has 0 bridgehead atoms. The van der Waals surface area contributed by atoms with Crippen LogP contribution in [0.1, 0.15) is 30.4 Å². The molecule has 0 radical (unpaired) electrons. The average molecular weight is 317 g/mol. The fourth-order valence-electron chi connectivity index (χ4n) is 2.41. The number of hydrogen-bond acceptors (Lipinski definition) is 2. The lowest BCUT2D eigenvalue weighted by Gasteiger charge is -2.26. The molecule has 116 valence electrons. The third kappa shape index (κ3) is 4.66. The molecule has 0 N–H and O–H groups in total. The van der Waals surface area contributed by atoms with Gasteiger partial charge in [-0.1, -0.05) is 18.2 Å². The molecule has 1 aliphatic rings. The second-order valence-corrected chi connectivity index (χ2v) is 6.07. The second-order valence-electron chi connectivity index (χ2n) is 5.09. The number of likely N-dealkylation sites (tertiary alicyclic amines) is 1. The van der Waals surface area contributed by atoms with Crippen LogP contribution in [0.3, 0.4) is 0 Å². The first-order valence-corrected chi connectivity index (χ1v) is 8.14. The minimum atomic E-state index is -4.34. The van der Waals surface area contributed by atoms with E-state index in [1.165, 1.54) is 23.9 Å². The predicted octanol–water partition coefficient (Wildman–Crippen LogP) is 3.95. The van der Waals surface area contributed by atoms with Gasteiger partial charge in [0.05, 0.1) is 11.3 Å². The van der Waals surface area contributed by atoms with Crippen molar-refractivity contribution in [3.8, 4) is 0 Å². The number of thioether (sulfide) groups is 1. The monoisotopic (exact) mass is 317 g/mol. The number of amides is 1. The molecular weight excluding hydrogens is 299 g/mol. The fraction of sp³-hybridized carbons (Fsp3) is 0.533. The molecule has 21 heavy (non-hydrogen) atoms. The highest BCUT2D eigenvalue weighted by atomic mass is 32.2. The third-order valence-corrected chi connectivity index (χ3v) is 4.48. The highest BCUT2D eigenvalue weighted by Gasteiger charge is 2.32. The summed E-state index contributed by atoms with van der Waals surface area (Å²) >= 11 is 1.25. The van der Waals surface area contributed by atoms with Crippen LogP contribution in [-0.2, 0) is 16.7 Å². The summed E-state index contributed by atoms with van der Waals surface area (Å²) in [6.07, 6.45) is -1.15. The normalized spacial score (nSPS) is 16.0. The van der Waals surface area contributed by atoms with Crippen molar-refractivity contribution in [1.29, 1.82) is 0 Å². The van der Waals surface area contributed by atoms with Gasteiger partial charge in [0.25, 0.3) is 0 Å². The minimum Gasteiger partial charge on any atom is -0.342 e. The summed E-state index contributed by atoms with van der Waals surface area (Å²) in [6.45, 7) is 1.55. The molecule has 0 unspecified atom stereocenters. The van der Waals surface area contributed by atoms with Crippen molar-refractivity contribution in [2.24, 2.45) is 0 Å². The molecule has 0 atom stereocenters. The maximum absolute atomic E-state index is 12.8. The van der Waals surface area contributed by atoms with Crippen LogP contribution in [0.4, 0.5) is 13.2 Å². The second kappa shape index (κ2) is 7.20. The molecule has 0 aromatic heterocycles. The van der Waals surface area contributed by atoms with E-state index in [2.05, 4.69) is 0 Å². The van der Waals surface area contributed by atoms with Gasteiger partial charge in [-0.05, 0) is 30.9 Å². The van der Waals surface area contributed by atoms with Crippen LogP contribution in [0.15, 0.2) is 24.3 Å². The van der Waals surface area contributed by atoms with Crippen molar-refractivity contribution in [3.05, 3.63) is 35.4 Å². The van der Waals surface area contributed by atoms with E-state index in [1.54, 1.807) is 6.07 Å². The van der Waals surface area contributed by atoms with Crippen LogP contribution in [0, 0.1) is 0 Å². The molecule has 1 amide bonds. The number of piperidine rings is 1. The van der Waals surface area contributed by atoms with Crippen molar-refractivity contribution in [1.82, 2.24) is 4.90 Å². The van der Waals surface area contributed by atoms with E-state index in [0.29, 0.717) is 0 Å². The molecule has 1 saturated heterocycles. The SMILES string of the molecule is O=C(CSCc1ccccc1C(F)(F)F)N1CCCCC1. The lowest BCUT2D eigenvalue weighted by molar-refractivity contribution is -0.138. The van der Waals surface area contributed by atoms with E-state index in [1.807, 2.05) is 4.90 Å². The fourth-order valence-corrected chi connectivity index (χ4v) is 3.34. The number of rotatable bonds is 4. The van der Waals surface area contributed by atoms with E-state index in [-0.39, 0.29) is 23.0 Å². The Morgan fingerprint density at radius 2 is 1.81 bits per heavy atom. The van der Waals surface area contributed by atoms with Crippen molar-refractivity contribution in [2.45, 2.75) is 31.2 Å². The van der Waals surface area contributed by atoms with Crippen molar-refractivity contribution >= 4 is 17.7 Å². The lowest BCUT2D eigenvalue weighted by Crippen LogP contribution is -2.36. The predicted molar refractivity (Wildman–Crippen MR) is 78.0 cm³/mol. The summed E-state index contributed by atoms with van der Waals surface area (Å²) in [5.74, 6) is 0.478. The Kier molecular flexibility index (Phi) is 5.56. The van der Waals surface area contributed by atoms with E-state index in [9.17, 15) is 18.0 Å². The number of hydrogen-bond donors (Lipinski definition) is 0. The summed E-state index contributed by atoms with van der Waals surface area (Å²) in [4.78, 5) is 13.8. The number of alkyl halides is 3. The number of benzene rings is 1. The van der Waals surface area contributed by atoms with Crippen molar-refractivity contribution in [2.75, 3.05) is 18.8 Å². The van der Waals surface area contributed by atoms with Gasteiger partial charge in [-0.2, -0.15) is 13.2 Å². The first-order chi connectivity index (χ1) is 9.98. The molecule has 1 heterocycles. The Morgan fingerprint density at radius 3 is 2.48 bits per heavy atom. The molecule has 1 aromatic carbocycles. The molecule has 0 spiro atoms. The zero-order valence-electron chi connectivity index (χ0n) is 11.7. The molecule has 1 fully saturated rings. The minimum absolute atomic E-state index is 0.0317. The zero-order valence-corrected chi connectivity index (χ0v) is 12.5. The van der Waals surface area contributed by atoms with E-state index >= 15 is 0 Å². The van der Waals surface area contributed by atoms with Gasteiger partial charge in [-0.15, -0.1) is 11.8 Å². The lowest BCUT2D eigenvalue weighted by atomic mass is 10.1. The highest BCUT2D eigenvalue weighted by Crippen LogP contribution is 2.33. The van der Waals surface area contributed by atoms with Gasteiger partial charge in [0, 0.05) is 18.8 Å². The smallest absolute Gasteiger partial charge is 0.342 e. The van der Waals surface area contributed by atoms with Crippen LogP contribution < -0.4 is 0 Å². The Balaban J connectivity index is 1.87. The molecule has 1 aromatic rings. The van der Waals surface area contributed by atoms with Gasteiger partial charge < -0.3 is 4.90 Å². The van der Waals surface area contributed by atoms with Crippen molar-refractivity contribution < 1.29 is 18.0 Å². The van der Waals surface area contributed by atoms with E-state index < -0.39 is 11.7 Å². The Labute approximate surface area is 126 Å². The van der Waals surface area contributed by atoms with Gasteiger partial charge >= 0.3 is 6.18 Å². The average Bonchev–Trinajstić information content (AvgIpc) is 2.47. The van der Waals surface area contributed by atoms with Gasteiger partial charge in [0.1, 0.15) is 0 Å². The van der Waals surface area contributed by atoms with Crippen LogP contribution in [0.25, 0.3) is 0 Å². The van der Waals surface area contributed by atoms with E-state index in [4.69, 9.17) is 0 Å². The molecule has 0 saturated carbocycles. The molecule has 0 aliphatic carbocycles. The summed E-state index contributed by atoms with van der Waals surface area (Å²) in [7, 11) is 0. The molecule has 2 rings (SSSR count). The van der Waals surface area contributed by atoms with Gasteiger partial charge in [0.2, 0.25) is 5.91 Å². The molecule has 1 aliphatic heterocycles. The highest BCUT2D eigenvalue weighted by molar-refractivity contribution is 7.99. The number of carbonyl (C=O) groups is 1. The molecule has 6 heteroatoms. The van der Waals surface area contributed by atoms with Gasteiger partial charge in [-0.3, -0.25) is 4.79 Å². The Morgan fingerprint density at radius 1 is 1.14 bits per heavy atom. The van der Waals surface area contributed by atoms with Crippen molar-refractivity contribution in [3.63, 3.8) is 0 Å². The third-order valence-electron chi connectivity index (χ3n) is 3.51. The quantitative estimate of drug-likeness (QED) is 0.838. The van der Waals surface area contributed by atoms with Crippen LogP contribution >= 0.6 is 11.8 Å². The number of carbonyl (C=O) groups excluding carboxylic acids is 1. The van der Waals surface area contributed by atoms with Crippen LogP contribution in [0.5, 0.6) is 0 Å². The van der Waals surface area contributed by atoms with Gasteiger partial charge in [0.15, 0.2) is 0 Å². The Bertz CT molecular complexity index is 484. The number of nitrogens with zero attached hydrogens (tertiary/aromatic N) is 1. The maximum Gasteiger partial charge on any atom is 0.416 e.